The van der Waals surface area contributed by atoms with Crippen LogP contribution in [0.15, 0.2) is 60.7 Å². The van der Waals surface area contributed by atoms with Gasteiger partial charge < -0.3 is 0 Å². The van der Waals surface area contributed by atoms with Crippen molar-refractivity contribution in [2.24, 2.45) is 5.92 Å². The molecule has 0 heteroatoms. The second kappa shape index (κ2) is 10.4. The fourth-order valence-electron chi connectivity index (χ4n) is 4.17. The summed E-state index contributed by atoms with van der Waals surface area (Å²) in [6, 6.07) is 22.2. The predicted octanol–water partition coefficient (Wildman–Crippen LogP) is 7.57. The summed E-state index contributed by atoms with van der Waals surface area (Å²) in [6.07, 6.45) is 10.9. The Balaban J connectivity index is 0.00000109. The van der Waals surface area contributed by atoms with Gasteiger partial charge in [-0.05, 0) is 54.6 Å². The molecule has 0 saturated heterocycles. The third-order valence-electron chi connectivity index (χ3n) is 5.85. The highest BCUT2D eigenvalue weighted by atomic mass is 14.3. The molecule has 0 aromatic heterocycles. The van der Waals surface area contributed by atoms with E-state index < -0.39 is 0 Å². The zero-order chi connectivity index (χ0) is 18.0. The number of benzene rings is 2. The van der Waals surface area contributed by atoms with Crippen LogP contribution in [0.3, 0.4) is 0 Å². The van der Waals surface area contributed by atoms with E-state index >= 15 is 0 Å². The number of aryl methyl sites for hydroxylation is 1. The molecule has 2 aromatic rings. The van der Waals surface area contributed by atoms with Crippen LogP contribution in [0, 0.1) is 5.92 Å². The molecule has 0 spiro atoms. The molecule has 0 N–H and O–H groups in total. The van der Waals surface area contributed by atoms with Gasteiger partial charge in [0.2, 0.25) is 0 Å². The van der Waals surface area contributed by atoms with Crippen LogP contribution in [0.4, 0.5) is 0 Å². The molecule has 0 nitrogen and oxygen atoms in total. The average Bonchev–Trinajstić information content (AvgIpc) is 2.68. The van der Waals surface area contributed by atoms with Crippen molar-refractivity contribution >= 4 is 0 Å². The van der Waals surface area contributed by atoms with Crippen molar-refractivity contribution in [2.45, 2.75) is 77.6 Å². The average molecular weight is 337 g/mol. The van der Waals surface area contributed by atoms with E-state index in [1.807, 2.05) is 13.8 Å². The van der Waals surface area contributed by atoms with Crippen molar-refractivity contribution in [3.63, 3.8) is 0 Å². The smallest absolute Gasteiger partial charge is 0.00751 e. The van der Waals surface area contributed by atoms with Crippen molar-refractivity contribution in [3.8, 4) is 0 Å². The number of hydrogen-bond acceptors (Lipinski definition) is 0. The van der Waals surface area contributed by atoms with E-state index in [-0.39, 0.29) is 0 Å². The van der Waals surface area contributed by atoms with Gasteiger partial charge in [0.1, 0.15) is 0 Å². The molecule has 0 bridgehead atoms. The van der Waals surface area contributed by atoms with Crippen molar-refractivity contribution in [1.29, 1.82) is 0 Å². The first-order valence-electron chi connectivity index (χ1n) is 10.4. The Morgan fingerprint density at radius 3 is 2.12 bits per heavy atom. The first kappa shape index (κ1) is 19.8. The number of rotatable bonds is 4. The van der Waals surface area contributed by atoms with Gasteiger partial charge in [0, 0.05) is 0 Å². The van der Waals surface area contributed by atoms with Gasteiger partial charge in [-0.2, -0.15) is 0 Å². The summed E-state index contributed by atoms with van der Waals surface area (Å²) in [5.74, 6) is 0.901. The van der Waals surface area contributed by atoms with Gasteiger partial charge >= 0.3 is 0 Å². The first-order valence-corrected chi connectivity index (χ1v) is 10.4. The van der Waals surface area contributed by atoms with E-state index in [9.17, 15) is 0 Å². The van der Waals surface area contributed by atoms with E-state index in [1.165, 1.54) is 56.9 Å². The second-order valence-electron chi connectivity index (χ2n) is 7.60. The molecule has 1 fully saturated rings. The van der Waals surface area contributed by atoms with Gasteiger partial charge in [-0.15, -0.1) is 0 Å². The summed E-state index contributed by atoms with van der Waals surface area (Å²) >= 11 is 0. The van der Waals surface area contributed by atoms with E-state index in [0.29, 0.717) is 5.41 Å². The Morgan fingerprint density at radius 1 is 0.800 bits per heavy atom. The molecule has 0 radical (unpaired) electrons. The normalized spacial score (nSPS) is 23.7. The third kappa shape index (κ3) is 6.03. The summed E-state index contributed by atoms with van der Waals surface area (Å²) in [6.45, 7) is 6.49. The Bertz CT molecular complexity index is 572. The fraction of sp³-hybridized carbons (Fsp3) is 0.520. The molecule has 0 heterocycles. The lowest BCUT2D eigenvalue weighted by atomic mass is 9.70. The van der Waals surface area contributed by atoms with Crippen molar-refractivity contribution in [2.75, 3.05) is 0 Å². The van der Waals surface area contributed by atoms with Crippen LogP contribution < -0.4 is 0 Å². The number of hydrogen-bond donors (Lipinski definition) is 0. The topological polar surface area (TPSA) is 0 Å². The van der Waals surface area contributed by atoms with E-state index in [0.717, 1.165) is 5.92 Å². The van der Waals surface area contributed by atoms with Gasteiger partial charge in [-0.3, -0.25) is 0 Å². The van der Waals surface area contributed by atoms with Crippen LogP contribution in [0.5, 0.6) is 0 Å². The van der Waals surface area contributed by atoms with Crippen LogP contribution in [0.2, 0.25) is 0 Å². The van der Waals surface area contributed by atoms with Crippen LogP contribution in [0.25, 0.3) is 0 Å². The molecule has 2 unspecified atom stereocenters. The standard InChI is InChI=1S/C23H30.C2H6/c1-23(22-13-6-3-7-14-22)18-9-8-12-21(17-19-23)16-15-20-10-4-2-5-11-20;1-2/h2-7,10-11,13-14,21H,8-9,12,15-19H2,1H3;1-2H3. The van der Waals surface area contributed by atoms with Crippen LogP contribution in [-0.2, 0) is 11.8 Å². The van der Waals surface area contributed by atoms with Crippen LogP contribution in [0.1, 0.15) is 76.8 Å². The molecule has 2 aromatic carbocycles. The predicted molar refractivity (Wildman–Crippen MR) is 111 cm³/mol. The SMILES string of the molecule is CC.CC1(c2ccccc2)CCCCC(CCc2ccccc2)CC1. The highest BCUT2D eigenvalue weighted by Gasteiger charge is 2.28. The molecule has 1 aliphatic rings. The van der Waals surface area contributed by atoms with Crippen LogP contribution in [-0.4, -0.2) is 0 Å². The Morgan fingerprint density at radius 2 is 1.44 bits per heavy atom. The lowest BCUT2D eigenvalue weighted by Crippen LogP contribution is -2.25. The van der Waals surface area contributed by atoms with E-state index in [4.69, 9.17) is 0 Å². The molecular formula is C25H36. The van der Waals surface area contributed by atoms with Gasteiger partial charge in [-0.1, -0.05) is 101 Å². The fourth-order valence-corrected chi connectivity index (χ4v) is 4.17. The van der Waals surface area contributed by atoms with Gasteiger partial charge in [-0.25, -0.2) is 0 Å². The molecule has 2 atom stereocenters. The zero-order valence-electron chi connectivity index (χ0n) is 16.5. The molecule has 25 heavy (non-hydrogen) atoms. The van der Waals surface area contributed by atoms with E-state index in [2.05, 4.69) is 67.6 Å². The molecule has 1 aliphatic carbocycles. The lowest BCUT2D eigenvalue weighted by Gasteiger charge is -2.34. The summed E-state index contributed by atoms with van der Waals surface area (Å²) in [5, 5.41) is 0. The van der Waals surface area contributed by atoms with Crippen molar-refractivity contribution < 1.29 is 0 Å². The van der Waals surface area contributed by atoms with Gasteiger partial charge in [0.05, 0.1) is 0 Å². The Kier molecular flexibility index (Phi) is 8.25. The second-order valence-corrected chi connectivity index (χ2v) is 7.60. The van der Waals surface area contributed by atoms with Gasteiger partial charge in [0.15, 0.2) is 0 Å². The maximum Gasteiger partial charge on any atom is -0.00751 e. The largest absolute Gasteiger partial charge is 0.0683 e. The summed E-state index contributed by atoms with van der Waals surface area (Å²) in [5.41, 5.74) is 3.43. The molecular weight excluding hydrogens is 300 g/mol. The summed E-state index contributed by atoms with van der Waals surface area (Å²) < 4.78 is 0. The molecule has 1 saturated carbocycles. The van der Waals surface area contributed by atoms with Crippen LogP contribution >= 0.6 is 0 Å². The van der Waals surface area contributed by atoms with Gasteiger partial charge in [0.25, 0.3) is 0 Å². The quantitative estimate of drug-likeness (QED) is 0.540. The maximum absolute atomic E-state index is 2.49. The highest BCUT2D eigenvalue weighted by Crippen LogP contribution is 2.39. The minimum Gasteiger partial charge on any atom is -0.0683 e. The minimum absolute atomic E-state index is 0.382. The third-order valence-corrected chi connectivity index (χ3v) is 5.85. The Hall–Kier alpha value is -1.56. The minimum atomic E-state index is 0.382. The first-order chi connectivity index (χ1) is 12.3. The summed E-state index contributed by atoms with van der Waals surface area (Å²) in [4.78, 5) is 0. The molecule has 0 aliphatic heterocycles. The highest BCUT2D eigenvalue weighted by molar-refractivity contribution is 5.24. The maximum atomic E-state index is 2.49. The Labute approximate surface area is 155 Å². The van der Waals surface area contributed by atoms with E-state index in [1.54, 1.807) is 5.56 Å². The lowest BCUT2D eigenvalue weighted by molar-refractivity contribution is 0.278. The zero-order valence-corrected chi connectivity index (χ0v) is 16.5. The summed E-state index contributed by atoms with van der Waals surface area (Å²) in [7, 11) is 0. The van der Waals surface area contributed by atoms with Crippen molar-refractivity contribution in [1.82, 2.24) is 0 Å². The molecule has 0 amide bonds. The monoisotopic (exact) mass is 336 g/mol. The molecule has 3 rings (SSSR count). The molecule has 136 valence electrons. The van der Waals surface area contributed by atoms with Crippen molar-refractivity contribution in [3.05, 3.63) is 71.8 Å².